The van der Waals surface area contributed by atoms with Crippen molar-refractivity contribution in [1.29, 1.82) is 0 Å². The van der Waals surface area contributed by atoms with E-state index in [2.05, 4.69) is 5.16 Å². The molecule has 0 fully saturated rings. The Morgan fingerprint density at radius 2 is 1.67 bits per heavy atom. The predicted molar refractivity (Wildman–Crippen MR) is 83.1 cm³/mol. The summed E-state index contributed by atoms with van der Waals surface area (Å²) in [7, 11) is 0. The average molecular weight is 286 g/mol. The molecule has 2 rings (SSSR count). The molecule has 1 amide bonds. The van der Waals surface area contributed by atoms with Gasteiger partial charge in [-0.1, -0.05) is 35.5 Å². The van der Waals surface area contributed by atoms with Crippen molar-refractivity contribution in [2.45, 2.75) is 46.7 Å². The highest BCUT2D eigenvalue weighted by Gasteiger charge is 2.28. The van der Waals surface area contributed by atoms with E-state index in [1.54, 1.807) is 6.92 Å². The second-order valence-corrected chi connectivity index (χ2v) is 5.73. The van der Waals surface area contributed by atoms with Crippen LogP contribution in [0.5, 0.6) is 0 Å². The van der Waals surface area contributed by atoms with Crippen LogP contribution in [0.15, 0.2) is 34.9 Å². The Balaban J connectivity index is 2.49. The largest absolute Gasteiger partial charge is 0.360 e. The fraction of sp³-hybridized carbons (Fsp3) is 0.412. The molecule has 0 bridgehead atoms. The molecule has 0 spiro atoms. The lowest BCUT2D eigenvalue weighted by atomic mass is 10.0. The Morgan fingerprint density at radius 1 is 1.10 bits per heavy atom. The van der Waals surface area contributed by atoms with Crippen LogP contribution in [0.25, 0.3) is 11.3 Å². The fourth-order valence-corrected chi connectivity index (χ4v) is 2.61. The van der Waals surface area contributed by atoms with E-state index >= 15 is 0 Å². The first kappa shape index (κ1) is 15.3. The van der Waals surface area contributed by atoms with Crippen LogP contribution in [0.2, 0.25) is 0 Å². The molecule has 0 saturated heterocycles. The Bertz CT molecular complexity index is 607. The molecule has 0 N–H and O–H groups in total. The van der Waals surface area contributed by atoms with Crippen LogP contribution in [0.3, 0.4) is 0 Å². The third-order valence-electron chi connectivity index (χ3n) is 3.47. The molecule has 0 aliphatic rings. The van der Waals surface area contributed by atoms with Gasteiger partial charge in [0.05, 0.1) is 0 Å². The second kappa shape index (κ2) is 6.12. The molecular weight excluding hydrogens is 264 g/mol. The minimum absolute atomic E-state index is 0.0300. The van der Waals surface area contributed by atoms with Crippen LogP contribution < -0.4 is 0 Å². The van der Waals surface area contributed by atoms with Crippen LogP contribution in [0.1, 0.15) is 43.8 Å². The van der Waals surface area contributed by atoms with Gasteiger partial charge in [-0.25, -0.2) is 0 Å². The van der Waals surface area contributed by atoms with Gasteiger partial charge in [0, 0.05) is 17.6 Å². The molecule has 0 saturated carbocycles. The number of aromatic nitrogens is 1. The number of hydrogen-bond donors (Lipinski definition) is 0. The van der Waals surface area contributed by atoms with E-state index in [-0.39, 0.29) is 18.0 Å². The molecule has 1 aromatic heterocycles. The van der Waals surface area contributed by atoms with Gasteiger partial charge in [-0.2, -0.15) is 0 Å². The van der Waals surface area contributed by atoms with E-state index in [0.717, 1.165) is 5.56 Å². The number of carbonyl (C=O) groups excluding carboxylic acids is 1. The summed E-state index contributed by atoms with van der Waals surface area (Å²) in [5.41, 5.74) is 2.07. The van der Waals surface area contributed by atoms with Crippen LogP contribution in [0, 0.1) is 6.92 Å². The smallest absolute Gasteiger partial charge is 0.260 e. The Hall–Kier alpha value is -2.10. The predicted octanol–water partition coefficient (Wildman–Crippen LogP) is 3.91. The zero-order valence-electron chi connectivity index (χ0n) is 13.3. The van der Waals surface area contributed by atoms with E-state index in [9.17, 15) is 4.79 Å². The zero-order valence-corrected chi connectivity index (χ0v) is 13.3. The lowest BCUT2D eigenvalue weighted by molar-refractivity contribution is 0.0642. The number of amides is 1. The molecule has 0 aliphatic heterocycles. The summed E-state index contributed by atoms with van der Waals surface area (Å²) in [6.45, 7) is 9.85. The van der Waals surface area contributed by atoms with Crippen LogP contribution >= 0.6 is 0 Å². The summed E-state index contributed by atoms with van der Waals surface area (Å²) in [5, 5.41) is 4.09. The maximum Gasteiger partial charge on any atom is 0.260 e. The number of carbonyl (C=O) groups is 1. The van der Waals surface area contributed by atoms with E-state index in [1.165, 1.54) is 0 Å². The maximum atomic E-state index is 12.9. The van der Waals surface area contributed by atoms with Crippen LogP contribution in [-0.4, -0.2) is 28.0 Å². The Morgan fingerprint density at radius 3 is 2.19 bits per heavy atom. The van der Waals surface area contributed by atoms with Gasteiger partial charge in [0.25, 0.3) is 5.91 Å². The van der Waals surface area contributed by atoms with Crippen molar-refractivity contribution in [3.63, 3.8) is 0 Å². The van der Waals surface area contributed by atoms with Gasteiger partial charge in [0.15, 0.2) is 0 Å². The molecule has 1 aromatic carbocycles. The number of rotatable bonds is 4. The molecular formula is C17H22N2O2. The molecule has 0 aliphatic carbocycles. The molecule has 0 unspecified atom stereocenters. The number of hydrogen-bond acceptors (Lipinski definition) is 3. The third-order valence-corrected chi connectivity index (χ3v) is 3.47. The summed E-state index contributed by atoms with van der Waals surface area (Å²) in [5.74, 6) is 0.530. The van der Waals surface area contributed by atoms with E-state index in [0.29, 0.717) is 17.0 Å². The molecule has 0 radical (unpaired) electrons. The SMILES string of the molecule is Cc1onc(-c2ccccc2)c1C(=O)N(C(C)C)C(C)C. The fourth-order valence-electron chi connectivity index (χ4n) is 2.61. The standard InChI is InChI=1S/C17H22N2O2/c1-11(2)19(12(3)4)17(20)15-13(5)21-18-16(15)14-9-7-6-8-10-14/h6-12H,1-5H3. The number of aryl methyl sites for hydroxylation is 1. The monoisotopic (exact) mass is 286 g/mol. The first-order valence-electron chi connectivity index (χ1n) is 7.27. The maximum absolute atomic E-state index is 12.9. The van der Waals surface area contributed by atoms with Gasteiger partial charge in [-0.15, -0.1) is 0 Å². The normalized spacial score (nSPS) is 11.2. The van der Waals surface area contributed by atoms with E-state index < -0.39 is 0 Å². The van der Waals surface area contributed by atoms with E-state index in [4.69, 9.17) is 4.52 Å². The van der Waals surface area contributed by atoms with E-state index in [1.807, 2.05) is 62.9 Å². The third kappa shape index (κ3) is 2.99. The average Bonchev–Trinajstić information content (AvgIpc) is 2.80. The van der Waals surface area contributed by atoms with Crippen molar-refractivity contribution < 1.29 is 9.32 Å². The number of nitrogens with zero attached hydrogens (tertiary/aromatic N) is 2. The molecule has 2 aromatic rings. The summed E-state index contributed by atoms with van der Waals surface area (Å²) < 4.78 is 5.28. The highest BCUT2D eigenvalue weighted by atomic mass is 16.5. The van der Waals surface area contributed by atoms with Gasteiger partial charge in [0.1, 0.15) is 17.0 Å². The van der Waals surface area contributed by atoms with Crippen molar-refractivity contribution in [2.75, 3.05) is 0 Å². The zero-order chi connectivity index (χ0) is 15.6. The molecule has 4 nitrogen and oxygen atoms in total. The topological polar surface area (TPSA) is 46.3 Å². The summed E-state index contributed by atoms with van der Waals surface area (Å²) in [6, 6.07) is 9.90. The quantitative estimate of drug-likeness (QED) is 0.856. The van der Waals surface area contributed by atoms with Gasteiger partial charge < -0.3 is 9.42 Å². The summed E-state index contributed by atoms with van der Waals surface area (Å²) >= 11 is 0. The second-order valence-electron chi connectivity index (χ2n) is 5.73. The lowest BCUT2D eigenvalue weighted by Crippen LogP contribution is -2.42. The number of benzene rings is 1. The van der Waals surface area contributed by atoms with Gasteiger partial charge in [0.2, 0.25) is 0 Å². The van der Waals surface area contributed by atoms with Crippen LogP contribution in [0.4, 0.5) is 0 Å². The molecule has 0 atom stereocenters. The van der Waals surface area contributed by atoms with Crippen molar-refractivity contribution in [3.05, 3.63) is 41.7 Å². The van der Waals surface area contributed by atoms with Gasteiger partial charge in [-0.3, -0.25) is 4.79 Å². The van der Waals surface area contributed by atoms with Crippen molar-refractivity contribution in [2.24, 2.45) is 0 Å². The molecule has 21 heavy (non-hydrogen) atoms. The van der Waals surface area contributed by atoms with Crippen molar-refractivity contribution in [1.82, 2.24) is 10.1 Å². The highest BCUT2D eigenvalue weighted by molar-refractivity contribution is 6.01. The molecule has 4 heteroatoms. The van der Waals surface area contributed by atoms with Gasteiger partial charge >= 0.3 is 0 Å². The minimum Gasteiger partial charge on any atom is -0.360 e. The Labute approximate surface area is 125 Å². The molecule has 1 heterocycles. The first-order chi connectivity index (χ1) is 9.93. The van der Waals surface area contributed by atoms with Crippen LogP contribution in [-0.2, 0) is 0 Å². The summed E-state index contributed by atoms with van der Waals surface area (Å²) in [6.07, 6.45) is 0. The molecule has 112 valence electrons. The summed E-state index contributed by atoms with van der Waals surface area (Å²) in [4.78, 5) is 14.8. The highest BCUT2D eigenvalue weighted by Crippen LogP contribution is 2.27. The Kier molecular flexibility index (Phi) is 4.46. The first-order valence-corrected chi connectivity index (χ1v) is 7.27. The van der Waals surface area contributed by atoms with Crippen molar-refractivity contribution >= 4 is 5.91 Å². The minimum atomic E-state index is -0.0300. The van der Waals surface area contributed by atoms with Crippen molar-refractivity contribution in [3.8, 4) is 11.3 Å². The lowest BCUT2D eigenvalue weighted by Gasteiger charge is -2.30. The van der Waals surface area contributed by atoms with Gasteiger partial charge in [-0.05, 0) is 34.6 Å².